The highest BCUT2D eigenvalue weighted by Crippen LogP contribution is 2.42. The SMILES string of the molecule is CC1(C2CC2)NC(=O)N(CC(=O)N(CCCN)Cc2ccccc2)C1=O.Cl. The number of nitrogens with zero attached hydrogens (tertiary/aromatic N) is 2. The molecule has 0 radical (unpaired) electrons. The van der Waals surface area contributed by atoms with Crippen molar-refractivity contribution in [3.63, 3.8) is 0 Å². The number of nitrogens with one attached hydrogen (secondary N) is 1. The fourth-order valence-electron chi connectivity index (χ4n) is 3.41. The lowest BCUT2D eigenvalue weighted by Crippen LogP contribution is -2.47. The molecule has 0 spiro atoms. The van der Waals surface area contributed by atoms with Gasteiger partial charge in [0.15, 0.2) is 0 Å². The van der Waals surface area contributed by atoms with E-state index < -0.39 is 11.6 Å². The van der Waals surface area contributed by atoms with Gasteiger partial charge in [0, 0.05) is 13.1 Å². The van der Waals surface area contributed by atoms with Crippen molar-refractivity contribution in [3.8, 4) is 0 Å². The van der Waals surface area contributed by atoms with Crippen LogP contribution in [0, 0.1) is 5.92 Å². The predicted molar refractivity (Wildman–Crippen MR) is 104 cm³/mol. The van der Waals surface area contributed by atoms with Crippen molar-refractivity contribution in [3.05, 3.63) is 35.9 Å². The number of rotatable bonds is 8. The third-order valence-electron chi connectivity index (χ3n) is 5.19. The lowest BCUT2D eigenvalue weighted by molar-refractivity contribution is -0.139. The summed E-state index contributed by atoms with van der Waals surface area (Å²) in [5.41, 5.74) is 5.72. The quantitative estimate of drug-likeness (QED) is 0.653. The molecule has 1 heterocycles. The summed E-state index contributed by atoms with van der Waals surface area (Å²) in [6.45, 7) is 2.92. The Morgan fingerprint density at radius 2 is 1.96 bits per heavy atom. The van der Waals surface area contributed by atoms with Crippen LogP contribution in [0.4, 0.5) is 4.79 Å². The third-order valence-corrected chi connectivity index (χ3v) is 5.19. The standard InChI is InChI=1S/C19H26N4O3.ClH/c1-19(15-8-9-15)17(25)23(18(26)21-19)13-16(24)22(11-5-10-20)12-14-6-3-2-4-7-14;/h2-4,6-7,15H,5,8-13,20H2,1H3,(H,21,26);1H. The van der Waals surface area contributed by atoms with Gasteiger partial charge in [-0.3, -0.25) is 14.5 Å². The Morgan fingerprint density at radius 3 is 2.56 bits per heavy atom. The van der Waals surface area contributed by atoms with Crippen molar-refractivity contribution < 1.29 is 14.4 Å². The molecule has 1 aromatic rings. The number of hydrogen-bond donors (Lipinski definition) is 2. The molecule has 1 aromatic carbocycles. The first kappa shape index (κ1) is 21.2. The summed E-state index contributed by atoms with van der Waals surface area (Å²) in [6.07, 6.45) is 2.53. The van der Waals surface area contributed by atoms with E-state index in [1.54, 1.807) is 11.8 Å². The van der Waals surface area contributed by atoms with Crippen LogP contribution in [-0.2, 0) is 16.1 Å². The Morgan fingerprint density at radius 1 is 1.30 bits per heavy atom. The minimum Gasteiger partial charge on any atom is -0.337 e. The number of hydrogen-bond acceptors (Lipinski definition) is 4. The van der Waals surface area contributed by atoms with E-state index in [0.717, 1.165) is 23.3 Å². The molecule has 2 aliphatic rings. The summed E-state index contributed by atoms with van der Waals surface area (Å²) < 4.78 is 0. The molecule has 1 atom stereocenters. The molecule has 8 heteroatoms. The van der Waals surface area contributed by atoms with Crippen LogP contribution in [0.2, 0.25) is 0 Å². The number of imide groups is 1. The van der Waals surface area contributed by atoms with Crippen molar-refractivity contribution in [1.82, 2.24) is 15.1 Å². The first-order valence-electron chi connectivity index (χ1n) is 9.11. The van der Waals surface area contributed by atoms with Crippen molar-refractivity contribution in [2.45, 2.75) is 38.3 Å². The van der Waals surface area contributed by atoms with Gasteiger partial charge in [-0.1, -0.05) is 30.3 Å². The Hall–Kier alpha value is -2.12. The maximum atomic E-state index is 12.8. The van der Waals surface area contributed by atoms with E-state index in [2.05, 4.69) is 5.32 Å². The van der Waals surface area contributed by atoms with Crippen molar-refractivity contribution >= 4 is 30.3 Å². The molecular formula is C19H27ClN4O3. The molecule has 4 amide bonds. The van der Waals surface area contributed by atoms with Gasteiger partial charge < -0.3 is 16.0 Å². The van der Waals surface area contributed by atoms with Crippen LogP contribution in [0.5, 0.6) is 0 Å². The average molecular weight is 395 g/mol. The zero-order valence-electron chi connectivity index (χ0n) is 15.5. The number of benzene rings is 1. The molecule has 1 saturated heterocycles. The van der Waals surface area contributed by atoms with Gasteiger partial charge in [-0.15, -0.1) is 12.4 Å². The zero-order chi connectivity index (χ0) is 18.7. The topological polar surface area (TPSA) is 95.7 Å². The van der Waals surface area contributed by atoms with Gasteiger partial charge in [-0.2, -0.15) is 0 Å². The lowest BCUT2D eigenvalue weighted by atomic mass is 9.96. The van der Waals surface area contributed by atoms with E-state index in [-0.39, 0.29) is 36.7 Å². The smallest absolute Gasteiger partial charge is 0.325 e. The molecule has 1 unspecified atom stereocenters. The molecule has 0 aromatic heterocycles. The monoisotopic (exact) mass is 394 g/mol. The highest BCUT2D eigenvalue weighted by Gasteiger charge is 2.56. The molecule has 27 heavy (non-hydrogen) atoms. The number of urea groups is 1. The fourth-order valence-corrected chi connectivity index (χ4v) is 3.41. The second-order valence-corrected chi connectivity index (χ2v) is 7.24. The van der Waals surface area contributed by atoms with Crippen molar-refractivity contribution in [2.24, 2.45) is 11.7 Å². The summed E-state index contributed by atoms with van der Waals surface area (Å²) >= 11 is 0. The van der Waals surface area contributed by atoms with Crippen molar-refractivity contribution in [1.29, 1.82) is 0 Å². The second-order valence-electron chi connectivity index (χ2n) is 7.24. The van der Waals surface area contributed by atoms with E-state index in [4.69, 9.17) is 5.73 Å². The minimum atomic E-state index is -0.862. The number of amides is 4. The van der Waals surface area contributed by atoms with Gasteiger partial charge in [0.1, 0.15) is 12.1 Å². The van der Waals surface area contributed by atoms with Gasteiger partial charge in [0.25, 0.3) is 5.91 Å². The van der Waals surface area contributed by atoms with Gasteiger partial charge in [0.2, 0.25) is 5.91 Å². The van der Waals surface area contributed by atoms with E-state index in [9.17, 15) is 14.4 Å². The first-order chi connectivity index (χ1) is 12.5. The van der Waals surface area contributed by atoms with Crippen LogP contribution < -0.4 is 11.1 Å². The maximum Gasteiger partial charge on any atom is 0.325 e. The molecule has 2 fully saturated rings. The number of carbonyl (C=O) groups is 3. The molecule has 148 valence electrons. The molecule has 0 bridgehead atoms. The average Bonchev–Trinajstić information content (AvgIpc) is 3.45. The lowest BCUT2D eigenvalue weighted by Gasteiger charge is -2.25. The number of nitrogens with two attached hydrogens (primary N) is 1. The largest absolute Gasteiger partial charge is 0.337 e. The Bertz CT molecular complexity index is 695. The molecular weight excluding hydrogens is 368 g/mol. The predicted octanol–water partition coefficient (Wildman–Crippen LogP) is 1.51. The highest BCUT2D eigenvalue weighted by molar-refractivity contribution is 6.09. The Kier molecular flexibility index (Phi) is 6.84. The van der Waals surface area contributed by atoms with Gasteiger partial charge in [-0.25, -0.2) is 4.79 Å². The van der Waals surface area contributed by atoms with Crippen LogP contribution in [-0.4, -0.2) is 52.8 Å². The molecule has 3 rings (SSSR count). The van der Waals surface area contributed by atoms with Crippen LogP contribution in [0.1, 0.15) is 31.7 Å². The Labute approximate surface area is 165 Å². The van der Waals surface area contributed by atoms with Gasteiger partial charge >= 0.3 is 6.03 Å². The highest BCUT2D eigenvalue weighted by atomic mass is 35.5. The normalized spacial score (nSPS) is 21.6. The molecule has 3 N–H and O–H groups in total. The number of carbonyl (C=O) groups excluding carboxylic acids is 3. The van der Waals surface area contributed by atoms with Crippen LogP contribution in [0.3, 0.4) is 0 Å². The molecule has 1 saturated carbocycles. The fraction of sp³-hybridized carbons (Fsp3) is 0.526. The van der Waals surface area contributed by atoms with E-state index in [0.29, 0.717) is 26.1 Å². The first-order valence-corrected chi connectivity index (χ1v) is 9.11. The van der Waals surface area contributed by atoms with Crippen LogP contribution in [0.25, 0.3) is 0 Å². The summed E-state index contributed by atoms with van der Waals surface area (Å²) in [4.78, 5) is 40.5. The summed E-state index contributed by atoms with van der Waals surface area (Å²) in [7, 11) is 0. The third kappa shape index (κ3) is 4.59. The van der Waals surface area contributed by atoms with E-state index >= 15 is 0 Å². The summed E-state index contributed by atoms with van der Waals surface area (Å²) in [5, 5.41) is 2.78. The zero-order valence-corrected chi connectivity index (χ0v) is 16.3. The Balaban J connectivity index is 0.00000261. The van der Waals surface area contributed by atoms with Crippen molar-refractivity contribution in [2.75, 3.05) is 19.6 Å². The second kappa shape index (κ2) is 8.71. The van der Waals surface area contributed by atoms with Crippen LogP contribution in [0.15, 0.2) is 30.3 Å². The molecule has 1 aliphatic heterocycles. The number of halogens is 1. The molecule has 1 aliphatic carbocycles. The minimum absolute atomic E-state index is 0. The van der Waals surface area contributed by atoms with E-state index in [1.165, 1.54) is 0 Å². The van der Waals surface area contributed by atoms with E-state index in [1.807, 2.05) is 30.3 Å². The maximum absolute atomic E-state index is 12.8. The summed E-state index contributed by atoms with van der Waals surface area (Å²) in [5.74, 6) is -0.362. The summed E-state index contributed by atoms with van der Waals surface area (Å²) in [6, 6.07) is 9.16. The van der Waals surface area contributed by atoms with Crippen LogP contribution >= 0.6 is 12.4 Å². The molecule has 7 nitrogen and oxygen atoms in total. The van der Waals surface area contributed by atoms with Gasteiger partial charge in [0.05, 0.1) is 0 Å². The van der Waals surface area contributed by atoms with Gasteiger partial charge in [-0.05, 0) is 44.2 Å².